The number of halogens is 2. The third-order valence-electron chi connectivity index (χ3n) is 2.03. The number of aliphatic carboxylic acids is 2. The first-order chi connectivity index (χ1) is 6.01. The Bertz CT molecular complexity index is 189. The molecule has 0 radical (unpaired) electrons. The fourth-order valence-corrected chi connectivity index (χ4v) is 1.05. The summed E-state index contributed by atoms with van der Waals surface area (Å²) in [6.07, 6.45) is 1.26. The molecule has 80 valence electrons. The Labute approximate surface area is 91.6 Å². The van der Waals surface area contributed by atoms with Crippen LogP contribution in [0.5, 0.6) is 0 Å². The van der Waals surface area contributed by atoms with E-state index in [9.17, 15) is 9.59 Å². The molecule has 1 saturated carbocycles. The van der Waals surface area contributed by atoms with Crippen molar-refractivity contribution in [1.82, 2.24) is 0 Å². The maximum absolute atomic E-state index is 10.4. The quantitative estimate of drug-likeness (QED) is 0.680. The van der Waals surface area contributed by atoms with Crippen molar-refractivity contribution < 1.29 is 36.3 Å². The van der Waals surface area contributed by atoms with E-state index in [0.717, 1.165) is 0 Å². The summed E-state index contributed by atoms with van der Waals surface area (Å²) in [5, 5.41) is 16.9. The first kappa shape index (κ1) is 13.2. The van der Waals surface area contributed by atoms with Crippen molar-refractivity contribution in [3.05, 3.63) is 0 Å². The molecule has 0 saturated heterocycles. The fraction of sp³-hybridized carbons (Fsp3) is 0.667. The molecule has 0 heterocycles. The van der Waals surface area contributed by atoms with Gasteiger partial charge in [0.15, 0.2) is 5.41 Å². The van der Waals surface area contributed by atoms with Crippen molar-refractivity contribution in [3.63, 3.8) is 0 Å². The number of carboxylic acids is 2. The normalized spacial score (nSPS) is 18.0. The second kappa shape index (κ2) is 5.84. The molecule has 1 aliphatic rings. The number of hydrogen-bond acceptors (Lipinski definition) is 2. The van der Waals surface area contributed by atoms with Gasteiger partial charge in [0, 0.05) is 0 Å². The van der Waals surface area contributed by atoms with Crippen LogP contribution in [0.25, 0.3) is 0 Å². The summed E-state index contributed by atoms with van der Waals surface area (Å²) in [6, 6.07) is 0. The average Bonchev–Trinajstić information content (AvgIpc) is 1.82. The molecule has 4 nitrogen and oxygen atoms in total. The Hall–Kier alpha value is 0.208. The Kier molecular flexibility index (Phi) is 5.93. The van der Waals surface area contributed by atoms with Crippen molar-refractivity contribution in [3.8, 4) is 0 Å². The monoisotopic (exact) mass is 409 g/mol. The zero-order valence-electron chi connectivity index (χ0n) is 6.40. The molecule has 1 fully saturated rings. The van der Waals surface area contributed by atoms with Crippen molar-refractivity contribution in [2.45, 2.75) is 19.3 Å². The molecule has 2 N–H and O–H groups in total. The average molecular weight is 410 g/mol. The second-order valence-corrected chi connectivity index (χ2v) is 5.87. The van der Waals surface area contributed by atoms with Crippen LogP contribution in [0.3, 0.4) is 0 Å². The Balaban J connectivity index is 0.000000424. The van der Waals surface area contributed by atoms with Gasteiger partial charge in [-0.05, 0) is 19.3 Å². The summed E-state index contributed by atoms with van der Waals surface area (Å²) in [5.41, 5.74) is -1.44. The molecule has 0 aliphatic heterocycles. The summed E-state index contributed by atoms with van der Waals surface area (Å²) in [5.74, 6) is -2.41. The van der Waals surface area contributed by atoms with Crippen molar-refractivity contribution in [2.24, 2.45) is 5.41 Å². The molecule has 0 amide bonds. The second-order valence-electron chi connectivity index (χ2n) is 2.59. The summed E-state index contributed by atoms with van der Waals surface area (Å²) < 4.78 is 0. The van der Waals surface area contributed by atoms with Crippen LogP contribution in [0.4, 0.5) is 0 Å². The van der Waals surface area contributed by atoms with Crippen molar-refractivity contribution in [1.29, 1.82) is 0 Å². The van der Waals surface area contributed by atoms with Gasteiger partial charge in [-0.1, -0.05) is 0 Å². The van der Waals surface area contributed by atoms with E-state index in [4.69, 9.17) is 29.0 Å². The fourth-order valence-electron chi connectivity index (χ4n) is 1.05. The Morgan fingerprint density at radius 3 is 1.46 bits per heavy atom. The van der Waals surface area contributed by atoms with E-state index in [1.165, 1.54) is 0 Å². The van der Waals surface area contributed by atoms with E-state index in [1.807, 2.05) is 0 Å². The van der Waals surface area contributed by atoms with E-state index in [-0.39, 0.29) is 12.8 Å². The van der Waals surface area contributed by atoms with Gasteiger partial charge in [0.1, 0.15) is 0 Å². The van der Waals surface area contributed by atoms with Crippen molar-refractivity contribution in [2.75, 3.05) is 0 Å². The van der Waals surface area contributed by atoms with E-state index >= 15 is 0 Å². The number of rotatable bonds is 2. The Morgan fingerprint density at radius 2 is 1.46 bits per heavy atom. The third kappa shape index (κ3) is 3.12. The van der Waals surface area contributed by atoms with Gasteiger partial charge in [-0.25, -0.2) is 0 Å². The standard InChI is InChI=1S/C6H8O4.2ClH.Pt/c7-4(8)6(5(9)10)2-1-3-6;;;/h1-3H2,(H,7,8)(H,9,10);2*1H;/q;;;+2/p-2. The molecule has 1 rings (SSSR count). The molecule has 0 atom stereocenters. The van der Waals surface area contributed by atoms with Gasteiger partial charge in [-0.15, -0.1) is 0 Å². The number of carbonyl (C=O) groups is 2. The predicted octanol–water partition coefficient (Wildman–Crippen LogP) is 1.70. The molecule has 1 aliphatic carbocycles. The van der Waals surface area contributed by atoms with Crippen LogP contribution >= 0.6 is 18.8 Å². The van der Waals surface area contributed by atoms with Crippen LogP contribution in [0, 0.1) is 5.41 Å². The van der Waals surface area contributed by atoms with Gasteiger partial charge in [0.05, 0.1) is 0 Å². The molecule has 0 spiro atoms. The predicted molar refractivity (Wildman–Crippen MR) is 43.3 cm³/mol. The topological polar surface area (TPSA) is 74.6 Å². The van der Waals surface area contributed by atoms with Crippen molar-refractivity contribution >= 4 is 30.8 Å². The van der Waals surface area contributed by atoms with Gasteiger partial charge in [0.2, 0.25) is 0 Å². The zero-order chi connectivity index (χ0) is 10.5. The maximum atomic E-state index is 10.4. The summed E-state index contributed by atoms with van der Waals surface area (Å²) in [4.78, 5) is 20.7. The van der Waals surface area contributed by atoms with Gasteiger partial charge in [-0.3, -0.25) is 9.59 Å². The minimum absolute atomic E-state index is 0.275. The molecule has 13 heavy (non-hydrogen) atoms. The first-order valence-corrected chi connectivity index (χ1v) is 8.93. The molecule has 0 aromatic heterocycles. The van der Waals surface area contributed by atoms with E-state index < -0.39 is 33.8 Å². The van der Waals surface area contributed by atoms with Crippen LogP contribution < -0.4 is 0 Å². The van der Waals surface area contributed by atoms with E-state index in [0.29, 0.717) is 6.42 Å². The van der Waals surface area contributed by atoms with Gasteiger partial charge in [-0.2, -0.15) is 0 Å². The number of carboxylic acid groups (broad SMARTS) is 2. The summed E-state index contributed by atoms with van der Waals surface area (Å²) >= 11 is -0.472. The number of hydrogen-bond donors (Lipinski definition) is 2. The molecule has 0 aromatic rings. The van der Waals surface area contributed by atoms with Crippen LogP contribution in [0.15, 0.2) is 0 Å². The van der Waals surface area contributed by atoms with Crippen LogP contribution in [-0.4, -0.2) is 22.2 Å². The van der Waals surface area contributed by atoms with Gasteiger partial charge < -0.3 is 10.2 Å². The molecule has 7 heteroatoms. The Morgan fingerprint density at radius 1 is 1.15 bits per heavy atom. The van der Waals surface area contributed by atoms with Gasteiger partial charge in [0.25, 0.3) is 0 Å². The molecular weight excluding hydrogens is 402 g/mol. The zero-order valence-corrected chi connectivity index (χ0v) is 10.2. The third-order valence-corrected chi connectivity index (χ3v) is 2.03. The molecule has 0 bridgehead atoms. The molecule has 0 aromatic carbocycles. The van der Waals surface area contributed by atoms with E-state index in [1.54, 1.807) is 0 Å². The first-order valence-electron chi connectivity index (χ1n) is 3.30. The van der Waals surface area contributed by atoms with Crippen LogP contribution in [-0.2, 0) is 26.1 Å². The summed E-state index contributed by atoms with van der Waals surface area (Å²) in [6.45, 7) is 0. The summed E-state index contributed by atoms with van der Waals surface area (Å²) in [7, 11) is 9.75. The molecule has 0 unspecified atom stereocenters. The van der Waals surface area contributed by atoms with Crippen LogP contribution in [0.1, 0.15) is 19.3 Å². The van der Waals surface area contributed by atoms with Gasteiger partial charge >= 0.3 is 47.3 Å². The minimum atomic E-state index is -1.44. The molecular formula is C6H8Cl2O4Pt. The SMILES string of the molecule is O=C(O)C1(C(=O)O)CCC1.[Cl][Pt][Cl]. The van der Waals surface area contributed by atoms with Crippen LogP contribution in [0.2, 0.25) is 0 Å². The van der Waals surface area contributed by atoms with E-state index in [2.05, 4.69) is 0 Å².